The van der Waals surface area contributed by atoms with Crippen LogP contribution in [0.15, 0.2) is 48.5 Å². The fourth-order valence-electron chi connectivity index (χ4n) is 4.30. The molecule has 0 aliphatic carbocycles. The fourth-order valence-corrected chi connectivity index (χ4v) is 5.34. The van der Waals surface area contributed by atoms with Gasteiger partial charge in [0.2, 0.25) is 0 Å². The molecule has 1 aliphatic heterocycles. The molecule has 4 aromatic rings. The van der Waals surface area contributed by atoms with Crippen molar-refractivity contribution in [3.8, 4) is 10.6 Å². The summed E-state index contributed by atoms with van der Waals surface area (Å²) in [5.74, 6) is 0.693. The summed E-state index contributed by atoms with van der Waals surface area (Å²) in [5, 5.41) is 1.92. The van der Waals surface area contributed by atoms with Crippen molar-refractivity contribution in [2.45, 2.75) is 20.8 Å². The van der Waals surface area contributed by atoms with Gasteiger partial charge >= 0.3 is 0 Å². The van der Waals surface area contributed by atoms with Crippen molar-refractivity contribution in [3.63, 3.8) is 0 Å². The monoisotopic (exact) mass is 460 g/mol. The Bertz CT molecular complexity index is 1340. The molecule has 3 heterocycles. The van der Waals surface area contributed by atoms with E-state index in [-0.39, 0.29) is 11.7 Å². The number of pyridine rings is 1. The Morgan fingerprint density at radius 1 is 0.939 bits per heavy atom. The third-order valence-corrected chi connectivity index (χ3v) is 7.40. The van der Waals surface area contributed by atoms with E-state index < -0.39 is 0 Å². The quantitative estimate of drug-likeness (QED) is 0.412. The molecule has 0 saturated carbocycles. The molecule has 5 rings (SSSR count). The van der Waals surface area contributed by atoms with E-state index in [0.29, 0.717) is 23.7 Å². The second-order valence-corrected chi connectivity index (χ2v) is 9.49. The zero-order valence-corrected chi connectivity index (χ0v) is 19.7. The number of amides is 1. The Morgan fingerprint density at radius 2 is 1.67 bits per heavy atom. The number of thiazole rings is 1. The van der Waals surface area contributed by atoms with Crippen LogP contribution in [0, 0.1) is 26.6 Å². The van der Waals surface area contributed by atoms with Gasteiger partial charge in [0.1, 0.15) is 21.5 Å². The van der Waals surface area contributed by atoms with Crippen molar-refractivity contribution in [1.29, 1.82) is 0 Å². The van der Waals surface area contributed by atoms with Gasteiger partial charge in [0.25, 0.3) is 5.91 Å². The highest BCUT2D eigenvalue weighted by atomic mass is 32.1. The molecule has 0 spiro atoms. The second kappa shape index (κ2) is 8.56. The lowest BCUT2D eigenvalue weighted by molar-refractivity contribution is 0.0750. The minimum Gasteiger partial charge on any atom is -0.353 e. The number of halogens is 1. The van der Waals surface area contributed by atoms with Crippen LogP contribution in [0.25, 0.3) is 21.5 Å². The van der Waals surface area contributed by atoms with E-state index in [2.05, 4.69) is 48.0 Å². The van der Waals surface area contributed by atoms with Gasteiger partial charge in [-0.05, 0) is 62.2 Å². The first-order chi connectivity index (χ1) is 15.9. The van der Waals surface area contributed by atoms with Crippen molar-refractivity contribution in [1.82, 2.24) is 14.9 Å². The molecule has 0 bridgehead atoms. The number of hydrogen-bond acceptors (Lipinski definition) is 5. The topological polar surface area (TPSA) is 49.3 Å². The molecule has 7 heteroatoms. The molecular formula is C26H25FN4OS. The lowest BCUT2D eigenvalue weighted by Crippen LogP contribution is -2.49. The molecule has 1 aliphatic rings. The van der Waals surface area contributed by atoms with Crippen molar-refractivity contribution in [2.75, 3.05) is 31.1 Å². The molecule has 2 aromatic carbocycles. The number of para-hydroxylation sites is 1. The summed E-state index contributed by atoms with van der Waals surface area (Å²) in [6.07, 6.45) is 0. The Morgan fingerprint density at radius 3 is 2.39 bits per heavy atom. The van der Waals surface area contributed by atoms with E-state index in [4.69, 9.17) is 4.98 Å². The highest BCUT2D eigenvalue weighted by molar-refractivity contribution is 7.17. The van der Waals surface area contributed by atoms with E-state index in [1.54, 1.807) is 12.1 Å². The van der Waals surface area contributed by atoms with Gasteiger partial charge in [-0.15, -0.1) is 11.3 Å². The number of benzene rings is 2. The summed E-state index contributed by atoms with van der Waals surface area (Å²) in [6, 6.07) is 14.6. The number of nitrogens with zero attached hydrogens (tertiary/aromatic N) is 4. The number of carbonyl (C=O) groups is 1. The minimum absolute atomic E-state index is 0.0107. The first kappa shape index (κ1) is 21.5. The number of aryl methyl sites for hydroxylation is 3. The highest BCUT2D eigenvalue weighted by Gasteiger charge is 2.26. The first-order valence-corrected chi connectivity index (χ1v) is 11.9. The summed E-state index contributed by atoms with van der Waals surface area (Å²) in [7, 11) is 0. The summed E-state index contributed by atoms with van der Waals surface area (Å²) < 4.78 is 13.2. The lowest BCUT2D eigenvalue weighted by Gasteiger charge is -2.35. The number of piperazine rings is 1. The van der Waals surface area contributed by atoms with Gasteiger partial charge in [-0.3, -0.25) is 4.79 Å². The van der Waals surface area contributed by atoms with Crippen LogP contribution in [0.4, 0.5) is 10.2 Å². The molecule has 5 nitrogen and oxygen atoms in total. The van der Waals surface area contributed by atoms with Gasteiger partial charge in [0.15, 0.2) is 0 Å². The number of aromatic nitrogens is 2. The molecule has 1 amide bonds. The zero-order chi connectivity index (χ0) is 23.1. The Balaban J connectivity index is 1.32. The van der Waals surface area contributed by atoms with Crippen molar-refractivity contribution < 1.29 is 9.18 Å². The summed E-state index contributed by atoms with van der Waals surface area (Å²) in [6.45, 7) is 8.81. The zero-order valence-electron chi connectivity index (χ0n) is 18.9. The van der Waals surface area contributed by atoms with Gasteiger partial charge in [-0.2, -0.15) is 0 Å². The van der Waals surface area contributed by atoms with Crippen LogP contribution >= 0.6 is 11.3 Å². The molecule has 1 saturated heterocycles. The maximum Gasteiger partial charge on any atom is 0.265 e. The average molecular weight is 461 g/mol. The molecule has 0 atom stereocenters. The van der Waals surface area contributed by atoms with Crippen molar-refractivity contribution >= 4 is 34.0 Å². The SMILES string of the molecule is Cc1nc(-c2ccc(F)cc2)sc1C(=O)N1CCN(c2cc(C)c3cccc(C)c3n2)CC1. The Hall–Kier alpha value is -3.32. The van der Waals surface area contributed by atoms with Gasteiger partial charge in [-0.25, -0.2) is 14.4 Å². The van der Waals surface area contributed by atoms with Crippen LogP contribution in [0.1, 0.15) is 26.5 Å². The van der Waals surface area contributed by atoms with E-state index in [1.165, 1.54) is 40.0 Å². The van der Waals surface area contributed by atoms with Crippen LogP contribution in [-0.2, 0) is 0 Å². The third kappa shape index (κ3) is 4.09. The Kier molecular flexibility index (Phi) is 5.58. The van der Waals surface area contributed by atoms with Crippen molar-refractivity contribution in [3.05, 3.63) is 76.0 Å². The molecule has 0 radical (unpaired) electrons. The highest BCUT2D eigenvalue weighted by Crippen LogP contribution is 2.30. The number of carbonyl (C=O) groups excluding carboxylic acids is 1. The number of anilines is 1. The maximum absolute atomic E-state index is 13.2. The molecule has 0 unspecified atom stereocenters. The van der Waals surface area contributed by atoms with E-state index in [1.807, 2.05) is 11.8 Å². The van der Waals surface area contributed by atoms with Gasteiger partial charge < -0.3 is 9.80 Å². The molecule has 1 fully saturated rings. The van der Waals surface area contributed by atoms with Gasteiger partial charge in [0, 0.05) is 37.1 Å². The standard InChI is InChI=1S/C26H25FN4OS/c1-16-5-4-6-21-17(2)15-22(29-23(16)21)30-11-13-31(14-12-30)26(32)24-18(3)28-25(33-24)19-7-9-20(27)10-8-19/h4-10,15H,11-14H2,1-3H3. The number of hydrogen-bond donors (Lipinski definition) is 0. The van der Waals surface area contributed by atoms with Crippen molar-refractivity contribution in [2.24, 2.45) is 0 Å². The normalized spacial score (nSPS) is 14.2. The van der Waals surface area contributed by atoms with E-state index in [9.17, 15) is 9.18 Å². The number of fused-ring (bicyclic) bond motifs is 1. The molecule has 168 valence electrons. The smallest absolute Gasteiger partial charge is 0.265 e. The maximum atomic E-state index is 13.2. The predicted molar refractivity (Wildman–Crippen MR) is 132 cm³/mol. The average Bonchev–Trinajstić information content (AvgIpc) is 3.21. The molecule has 0 N–H and O–H groups in total. The van der Waals surface area contributed by atoms with Crippen LogP contribution in [0.2, 0.25) is 0 Å². The minimum atomic E-state index is -0.285. The van der Waals surface area contributed by atoms with Crippen LogP contribution in [0.5, 0.6) is 0 Å². The number of rotatable bonds is 3. The summed E-state index contributed by atoms with van der Waals surface area (Å²) in [4.78, 5) is 27.5. The summed E-state index contributed by atoms with van der Waals surface area (Å²) in [5.41, 5.74) is 4.96. The van der Waals surface area contributed by atoms with E-state index >= 15 is 0 Å². The summed E-state index contributed by atoms with van der Waals surface area (Å²) >= 11 is 1.37. The van der Waals surface area contributed by atoms with Crippen LogP contribution in [0.3, 0.4) is 0 Å². The predicted octanol–water partition coefficient (Wildman–Crippen LogP) is 5.39. The molecular weight excluding hydrogens is 435 g/mol. The van der Waals surface area contributed by atoms with Gasteiger partial charge in [0.05, 0.1) is 11.2 Å². The second-order valence-electron chi connectivity index (χ2n) is 8.49. The van der Waals surface area contributed by atoms with Crippen LogP contribution in [-0.4, -0.2) is 47.0 Å². The lowest BCUT2D eigenvalue weighted by atomic mass is 10.1. The molecule has 2 aromatic heterocycles. The molecule has 33 heavy (non-hydrogen) atoms. The fraction of sp³-hybridized carbons (Fsp3) is 0.269. The Labute approximate surface area is 196 Å². The van der Waals surface area contributed by atoms with Gasteiger partial charge in [-0.1, -0.05) is 18.2 Å². The third-order valence-electron chi connectivity index (χ3n) is 6.21. The van der Waals surface area contributed by atoms with Crippen LogP contribution < -0.4 is 4.90 Å². The first-order valence-electron chi connectivity index (χ1n) is 11.1. The van der Waals surface area contributed by atoms with E-state index in [0.717, 1.165) is 35.0 Å². The largest absolute Gasteiger partial charge is 0.353 e.